The number of benzene rings is 1. The van der Waals surface area contributed by atoms with Crippen LogP contribution in [0.2, 0.25) is 0 Å². The SMILES string of the molecule is CCc1nnc(CN(C)C(=O)CCc2nc3ccccc3nc2OC)o1. The van der Waals surface area contributed by atoms with Gasteiger partial charge in [0.1, 0.15) is 5.69 Å². The summed E-state index contributed by atoms with van der Waals surface area (Å²) in [6, 6.07) is 7.57. The molecule has 2 heterocycles. The van der Waals surface area contributed by atoms with Gasteiger partial charge in [0.15, 0.2) is 0 Å². The molecule has 8 heteroatoms. The minimum Gasteiger partial charge on any atom is -0.480 e. The van der Waals surface area contributed by atoms with Crippen molar-refractivity contribution >= 4 is 16.9 Å². The van der Waals surface area contributed by atoms with E-state index in [-0.39, 0.29) is 18.9 Å². The summed E-state index contributed by atoms with van der Waals surface area (Å²) < 4.78 is 10.8. The number of methoxy groups -OCH3 is 1. The first-order valence-electron chi connectivity index (χ1n) is 8.45. The molecular weight excluding hydrogens is 334 g/mol. The van der Waals surface area contributed by atoms with Crippen molar-refractivity contribution in [2.75, 3.05) is 14.2 Å². The third kappa shape index (κ3) is 3.96. The highest BCUT2D eigenvalue weighted by Crippen LogP contribution is 2.20. The van der Waals surface area contributed by atoms with Crippen molar-refractivity contribution in [2.24, 2.45) is 0 Å². The van der Waals surface area contributed by atoms with Crippen LogP contribution in [-0.2, 0) is 24.2 Å². The molecule has 0 fully saturated rings. The predicted molar refractivity (Wildman–Crippen MR) is 94.6 cm³/mol. The van der Waals surface area contributed by atoms with Crippen molar-refractivity contribution in [3.8, 4) is 5.88 Å². The number of fused-ring (bicyclic) bond motifs is 1. The van der Waals surface area contributed by atoms with E-state index in [0.717, 1.165) is 11.0 Å². The molecule has 2 aromatic heterocycles. The van der Waals surface area contributed by atoms with Crippen LogP contribution in [0.4, 0.5) is 0 Å². The number of carbonyl (C=O) groups excluding carboxylic acids is 1. The number of ether oxygens (including phenoxy) is 1. The lowest BCUT2D eigenvalue weighted by Crippen LogP contribution is -2.26. The first kappa shape index (κ1) is 17.8. The van der Waals surface area contributed by atoms with Crippen molar-refractivity contribution in [1.82, 2.24) is 25.1 Å². The lowest BCUT2D eigenvalue weighted by atomic mass is 10.2. The average molecular weight is 355 g/mol. The molecule has 1 amide bonds. The maximum atomic E-state index is 12.4. The predicted octanol–water partition coefficient (Wildman–Crippen LogP) is 2.17. The highest BCUT2D eigenvalue weighted by Gasteiger charge is 2.16. The van der Waals surface area contributed by atoms with Crippen LogP contribution in [0.1, 0.15) is 30.8 Å². The zero-order valence-corrected chi connectivity index (χ0v) is 15.1. The Bertz CT molecular complexity index is 909. The number of aryl methyl sites for hydroxylation is 2. The van der Waals surface area contributed by atoms with Crippen LogP contribution in [0.25, 0.3) is 11.0 Å². The number of nitrogens with zero attached hydrogens (tertiary/aromatic N) is 5. The van der Waals surface area contributed by atoms with Crippen molar-refractivity contribution < 1.29 is 13.9 Å². The minimum atomic E-state index is -0.0433. The van der Waals surface area contributed by atoms with Crippen LogP contribution >= 0.6 is 0 Å². The molecule has 136 valence electrons. The molecule has 0 radical (unpaired) electrons. The van der Waals surface area contributed by atoms with Gasteiger partial charge in [-0.2, -0.15) is 0 Å². The molecule has 0 unspecified atom stereocenters. The van der Waals surface area contributed by atoms with Gasteiger partial charge in [0.05, 0.1) is 24.7 Å². The van der Waals surface area contributed by atoms with Gasteiger partial charge in [0, 0.05) is 26.3 Å². The Balaban J connectivity index is 1.65. The molecule has 0 spiro atoms. The van der Waals surface area contributed by atoms with E-state index < -0.39 is 0 Å². The lowest BCUT2D eigenvalue weighted by molar-refractivity contribution is -0.130. The van der Waals surface area contributed by atoms with Crippen molar-refractivity contribution in [3.05, 3.63) is 41.7 Å². The van der Waals surface area contributed by atoms with Crippen LogP contribution in [0.15, 0.2) is 28.7 Å². The summed E-state index contributed by atoms with van der Waals surface area (Å²) in [7, 11) is 3.26. The van der Waals surface area contributed by atoms with Crippen LogP contribution < -0.4 is 4.74 Å². The molecule has 0 saturated heterocycles. The summed E-state index contributed by atoms with van der Waals surface area (Å²) in [5.41, 5.74) is 2.21. The molecule has 0 aliphatic carbocycles. The molecular formula is C18H21N5O3. The van der Waals surface area contributed by atoms with E-state index in [0.29, 0.717) is 36.2 Å². The summed E-state index contributed by atoms with van der Waals surface area (Å²) in [6.07, 6.45) is 1.40. The maximum absolute atomic E-state index is 12.4. The highest BCUT2D eigenvalue weighted by molar-refractivity contribution is 5.77. The number of hydrogen-bond acceptors (Lipinski definition) is 7. The Morgan fingerprint density at radius 1 is 1.15 bits per heavy atom. The van der Waals surface area contributed by atoms with Crippen LogP contribution in [0.3, 0.4) is 0 Å². The Morgan fingerprint density at radius 3 is 2.50 bits per heavy atom. The van der Waals surface area contributed by atoms with Gasteiger partial charge in [-0.25, -0.2) is 9.97 Å². The first-order chi connectivity index (χ1) is 12.6. The topological polar surface area (TPSA) is 94.2 Å². The molecule has 1 aromatic carbocycles. The quantitative estimate of drug-likeness (QED) is 0.641. The van der Waals surface area contributed by atoms with Gasteiger partial charge in [-0.15, -0.1) is 10.2 Å². The number of para-hydroxylation sites is 2. The van der Waals surface area contributed by atoms with Crippen LogP contribution in [-0.4, -0.2) is 45.1 Å². The second-order valence-electron chi connectivity index (χ2n) is 5.86. The smallest absolute Gasteiger partial charge is 0.235 e. The number of amides is 1. The van der Waals surface area contributed by atoms with E-state index >= 15 is 0 Å². The minimum absolute atomic E-state index is 0.0433. The fourth-order valence-electron chi connectivity index (χ4n) is 2.55. The Kier molecular flexibility index (Phi) is 5.40. The molecule has 0 bridgehead atoms. The zero-order valence-electron chi connectivity index (χ0n) is 15.1. The van der Waals surface area contributed by atoms with E-state index in [1.807, 2.05) is 31.2 Å². The maximum Gasteiger partial charge on any atom is 0.235 e. The molecule has 0 atom stereocenters. The first-order valence-corrected chi connectivity index (χ1v) is 8.45. The van der Waals surface area contributed by atoms with Gasteiger partial charge >= 0.3 is 0 Å². The molecule has 0 aliphatic heterocycles. The lowest BCUT2D eigenvalue weighted by Gasteiger charge is -2.15. The standard InChI is InChI=1S/C18H21N5O3/c1-4-15-21-22-16(26-15)11-23(2)17(24)10-9-14-18(25-3)20-13-8-6-5-7-12(13)19-14/h5-8H,4,9-11H2,1-3H3. The third-order valence-corrected chi connectivity index (χ3v) is 3.98. The molecule has 26 heavy (non-hydrogen) atoms. The van der Waals surface area contributed by atoms with Gasteiger partial charge in [-0.3, -0.25) is 4.79 Å². The van der Waals surface area contributed by atoms with Gasteiger partial charge in [0.2, 0.25) is 23.6 Å². The fourth-order valence-corrected chi connectivity index (χ4v) is 2.55. The van der Waals surface area contributed by atoms with Gasteiger partial charge < -0.3 is 14.1 Å². The number of hydrogen-bond donors (Lipinski definition) is 0. The summed E-state index contributed by atoms with van der Waals surface area (Å²) >= 11 is 0. The normalized spacial score (nSPS) is 10.9. The van der Waals surface area contributed by atoms with Gasteiger partial charge in [-0.1, -0.05) is 19.1 Å². The average Bonchev–Trinajstić information content (AvgIpc) is 3.12. The van der Waals surface area contributed by atoms with Crippen LogP contribution in [0.5, 0.6) is 5.88 Å². The molecule has 0 saturated carbocycles. The molecule has 3 aromatic rings. The summed E-state index contributed by atoms with van der Waals surface area (Å²) in [5.74, 6) is 1.40. The monoisotopic (exact) mass is 355 g/mol. The molecule has 0 N–H and O–H groups in total. The van der Waals surface area contributed by atoms with E-state index in [1.165, 1.54) is 0 Å². The van der Waals surface area contributed by atoms with E-state index in [9.17, 15) is 4.79 Å². The van der Waals surface area contributed by atoms with Crippen molar-refractivity contribution in [2.45, 2.75) is 32.7 Å². The Morgan fingerprint density at radius 2 is 1.85 bits per heavy atom. The van der Waals surface area contributed by atoms with E-state index in [4.69, 9.17) is 9.15 Å². The second-order valence-corrected chi connectivity index (χ2v) is 5.86. The highest BCUT2D eigenvalue weighted by atomic mass is 16.5. The Labute approximate surface area is 151 Å². The molecule has 8 nitrogen and oxygen atoms in total. The van der Waals surface area contributed by atoms with Gasteiger partial charge in [-0.05, 0) is 12.1 Å². The summed E-state index contributed by atoms with van der Waals surface area (Å²) in [6.45, 7) is 2.22. The number of aromatic nitrogens is 4. The summed E-state index contributed by atoms with van der Waals surface area (Å²) in [4.78, 5) is 23.0. The Hall–Kier alpha value is -3.03. The summed E-state index contributed by atoms with van der Waals surface area (Å²) in [5, 5.41) is 7.84. The second kappa shape index (κ2) is 7.90. The number of carbonyl (C=O) groups is 1. The fraction of sp³-hybridized carbons (Fsp3) is 0.389. The molecule has 3 rings (SSSR count). The number of rotatable bonds is 7. The third-order valence-electron chi connectivity index (χ3n) is 3.98. The van der Waals surface area contributed by atoms with E-state index in [2.05, 4.69) is 20.2 Å². The van der Waals surface area contributed by atoms with E-state index in [1.54, 1.807) is 19.1 Å². The van der Waals surface area contributed by atoms with Crippen molar-refractivity contribution in [1.29, 1.82) is 0 Å². The van der Waals surface area contributed by atoms with Crippen LogP contribution in [0, 0.1) is 0 Å². The van der Waals surface area contributed by atoms with Crippen molar-refractivity contribution in [3.63, 3.8) is 0 Å². The largest absolute Gasteiger partial charge is 0.480 e. The zero-order chi connectivity index (χ0) is 18.5. The molecule has 0 aliphatic rings. The van der Waals surface area contributed by atoms with Gasteiger partial charge in [0.25, 0.3) is 0 Å².